The Bertz CT molecular complexity index is 908. The Morgan fingerprint density at radius 3 is 2.47 bits per heavy atom. The summed E-state index contributed by atoms with van der Waals surface area (Å²) in [7, 11) is -3.75. The Morgan fingerprint density at radius 1 is 1.13 bits per heavy atom. The van der Waals surface area contributed by atoms with Gasteiger partial charge in [0, 0.05) is 25.7 Å². The molecule has 30 heavy (non-hydrogen) atoms. The molecule has 0 aliphatic carbocycles. The van der Waals surface area contributed by atoms with Crippen LogP contribution in [-0.2, 0) is 21.4 Å². The highest BCUT2D eigenvalue weighted by Crippen LogP contribution is 2.15. The van der Waals surface area contributed by atoms with E-state index < -0.39 is 16.1 Å². The van der Waals surface area contributed by atoms with Gasteiger partial charge >= 0.3 is 0 Å². The molecule has 1 heterocycles. The zero-order valence-corrected chi connectivity index (χ0v) is 18.8. The van der Waals surface area contributed by atoms with Gasteiger partial charge < -0.3 is 5.32 Å². The van der Waals surface area contributed by atoms with E-state index in [0.29, 0.717) is 12.2 Å². The number of sulfonamides is 1. The summed E-state index contributed by atoms with van der Waals surface area (Å²) < 4.78 is 28.0. The topological polar surface area (TPSA) is 78.5 Å². The van der Waals surface area contributed by atoms with E-state index in [1.165, 1.54) is 17.7 Å². The largest absolute Gasteiger partial charge is 0.351 e. The van der Waals surface area contributed by atoms with Crippen molar-refractivity contribution in [2.24, 2.45) is 0 Å². The van der Waals surface area contributed by atoms with E-state index in [4.69, 9.17) is 0 Å². The Kier molecular flexibility index (Phi) is 8.32. The van der Waals surface area contributed by atoms with Crippen LogP contribution >= 0.6 is 11.8 Å². The van der Waals surface area contributed by atoms with Crippen LogP contribution in [0.3, 0.4) is 0 Å². The van der Waals surface area contributed by atoms with Crippen molar-refractivity contribution >= 4 is 27.7 Å². The number of nitrogens with one attached hydrogen (secondary N) is 2. The van der Waals surface area contributed by atoms with Crippen LogP contribution in [0.2, 0.25) is 0 Å². The Morgan fingerprint density at radius 2 is 1.80 bits per heavy atom. The number of thioether (sulfide) groups is 1. The molecule has 3 rings (SSSR count). The molecule has 0 bridgehead atoms. The lowest BCUT2D eigenvalue weighted by Gasteiger charge is -2.21. The van der Waals surface area contributed by atoms with Crippen molar-refractivity contribution in [3.8, 4) is 0 Å². The van der Waals surface area contributed by atoms with E-state index >= 15 is 0 Å². The second-order valence-corrected chi connectivity index (χ2v) is 10.2. The molecule has 2 N–H and O–H groups in total. The zero-order valence-electron chi connectivity index (χ0n) is 17.2. The van der Waals surface area contributed by atoms with Gasteiger partial charge in [-0.15, -0.1) is 0 Å². The SMILES string of the molecule is CSCCC(NS(=O)(=O)c1ccccc1)C(=O)NC1CCN(Cc2ccccc2)C1. The summed E-state index contributed by atoms with van der Waals surface area (Å²) in [6.45, 7) is 2.52. The molecule has 0 spiro atoms. The lowest BCUT2D eigenvalue weighted by atomic mass is 10.2. The molecule has 0 radical (unpaired) electrons. The Hall–Kier alpha value is -1.87. The van der Waals surface area contributed by atoms with Crippen LogP contribution in [0.15, 0.2) is 65.6 Å². The molecule has 2 unspecified atom stereocenters. The molecule has 6 nitrogen and oxygen atoms in total. The number of rotatable bonds is 10. The van der Waals surface area contributed by atoms with Gasteiger partial charge in [0.2, 0.25) is 15.9 Å². The fraction of sp³-hybridized carbons (Fsp3) is 0.409. The van der Waals surface area contributed by atoms with Gasteiger partial charge in [0.1, 0.15) is 6.04 Å². The Balaban J connectivity index is 1.59. The molecule has 0 saturated carbocycles. The summed E-state index contributed by atoms with van der Waals surface area (Å²) in [4.78, 5) is 15.4. The van der Waals surface area contributed by atoms with Crippen molar-refractivity contribution in [1.29, 1.82) is 0 Å². The van der Waals surface area contributed by atoms with Crippen molar-refractivity contribution < 1.29 is 13.2 Å². The van der Waals surface area contributed by atoms with Crippen LogP contribution in [0, 0.1) is 0 Å². The first-order valence-corrected chi connectivity index (χ1v) is 13.0. The van der Waals surface area contributed by atoms with Crippen molar-refractivity contribution in [3.05, 3.63) is 66.2 Å². The predicted molar refractivity (Wildman–Crippen MR) is 122 cm³/mol. The third-order valence-corrected chi connectivity index (χ3v) is 7.28. The quantitative estimate of drug-likeness (QED) is 0.585. The maximum absolute atomic E-state index is 12.9. The molecule has 1 saturated heterocycles. The standard InChI is InChI=1S/C22H29N3O3S2/c1-29-15-13-21(24-30(27,28)20-10-6-3-7-11-20)22(26)23-19-12-14-25(17-19)16-18-8-4-2-5-9-18/h2-11,19,21,24H,12-17H2,1H3,(H,23,26). The molecule has 2 aromatic carbocycles. The van der Waals surface area contributed by atoms with E-state index in [2.05, 4.69) is 27.1 Å². The van der Waals surface area contributed by atoms with E-state index in [1.807, 2.05) is 24.5 Å². The molecule has 1 amide bonds. The third kappa shape index (κ3) is 6.57. The van der Waals surface area contributed by atoms with Crippen LogP contribution < -0.4 is 10.0 Å². The molecule has 0 aromatic heterocycles. The highest BCUT2D eigenvalue weighted by atomic mass is 32.2. The lowest BCUT2D eigenvalue weighted by molar-refractivity contribution is -0.123. The highest BCUT2D eigenvalue weighted by molar-refractivity contribution is 7.98. The molecular formula is C22H29N3O3S2. The summed E-state index contributed by atoms with van der Waals surface area (Å²) in [5.74, 6) is 0.440. The average molecular weight is 448 g/mol. The fourth-order valence-corrected chi connectivity index (χ4v) is 5.29. The van der Waals surface area contributed by atoms with Crippen LogP contribution in [-0.4, -0.2) is 56.4 Å². The molecule has 1 aliphatic rings. The minimum Gasteiger partial charge on any atom is -0.351 e. The van der Waals surface area contributed by atoms with Crippen LogP contribution in [0.25, 0.3) is 0 Å². The lowest BCUT2D eigenvalue weighted by Crippen LogP contribution is -2.50. The van der Waals surface area contributed by atoms with Gasteiger partial charge in [0.25, 0.3) is 0 Å². The molecule has 1 aliphatic heterocycles. The fourth-order valence-electron chi connectivity index (χ4n) is 3.57. The maximum atomic E-state index is 12.9. The smallest absolute Gasteiger partial charge is 0.241 e. The summed E-state index contributed by atoms with van der Waals surface area (Å²) >= 11 is 1.59. The van der Waals surface area contributed by atoms with Gasteiger partial charge in [0.05, 0.1) is 4.90 Å². The number of nitrogens with zero attached hydrogens (tertiary/aromatic N) is 1. The number of carbonyl (C=O) groups excluding carboxylic acids is 1. The maximum Gasteiger partial charge on any atom is 0.241 e. The molecule has 8 heteroatoms. The van der Waals surface area contributed by atoms with Gasteiger partial charge in [-0.25, -0.2) is 8.42 Å². The molecule has 1 fully saturated rings. The van der Waals surface area contributed by atoms with E-state index in [9.17, 15) is 13.2 Å². The van der Waals surface area contributed by atoms with E-state index in [0.717, 1.165) is 26.1 Å². The number of carbonyl (C=O) groups is 1. The van der Waals surface area contributed by atoms with Gasteiger partial charge in [-0.1, -0.05) is 48.5 Å². The summed E-state index contributed by atoms with van der Waals surface area (Å²) in [5, 5.41) is 3.06. The number of hydrogen-bond donors (Lipinski definition) is 2. The average Bonchev–Trinajstić information content (AvgIpc) is 3.19. The predicted octanol–water partition coefficient (Wildman–Crippen LogP) is 2.48. The van der Waals surface area contributed by atoms with E-state index in [-0.39, 0.29) is 16.8 Å². The highest BCUT2D eigenvalue weighted by Gasteiger charge is 2.29. The number of likely N-dealkylation sites (tertiary alicyclic amines) is 1. The van der Waals surface area contributed by atoms with Crippen molar-refractivity contribution in [1.82, 2.24) is 14.9 Å². The molecular weight excluding hydrogens is 418 g/mol. The minimum absolute atomic E-state index is 0.0271. The van der Waals surface area contributed by atoms with Crippen LogP contribution in [0.4, 0.5) is 0 Å². The van der Waals surface area contributed by atoms with Gasteiger partial charge in [-0.2, -0.15) is 16.5 Å². The number of benzene rings is 2. The van der Waals surface area contributed by atoms with Gasteiger partial charge in [-0.3, -0.25) is 9.69 Å². The second kappa shape index (κ2) is 10.9. The monoisotopic (exact) mass is 447 g/mol. The van der Waals surface area contributed by atoms with E-state index in [1.54, 1.807) is 30.0 Å². The van der Waals surface area contributed by atoms with Gasteiger partial charge in [0.15, 0.2) is 0 Å². The first kappa shape index (κ1) is 22.8. The first-order chi connectivity index (χ1) is 14.5. The second-order valence-electron chi connectivity index (χ2n) is 7.48. The summed E-state index contributed by atoms with van der Waals surface area (Å²) in [6.07, 6.45) is 3.25. The zero-order chi connectivity index (χ0) is 21.4. The van der Waals surface area contributed by atoms with Crippen molar-refractivity contribution in [3.63, 3.8) is 0 Å². The molecule has 2 atom stereocenters. The minimum atomic E-state index is -3.75. The van der Waals surface area contributed by atoms with Crippen LogP contribution in [0.5, 0.6) is 0 Å². The van der Waals surface area contributed by atoms with Crippen molar-refractivity contribution in [2.75, 3.05) is 25.1 Å². The van der Waals surface area contributed by atoms with Crippen LogP contribution in [0.1, 0.15) is 18.4 Å². The number of hydrogen-bond acceptors (Lipinski definition) is 5. The Labute approximate surface area is 183 Å². The van der Waals surface area contributed by atoms with Crippen molar-refractivity contribution in [2.45, 2.75) is 36.4 Å². The molecule has 2 aromatic rings. The first-order valence-electron chi connectivity index (χ1n) is 10.1. The third-order valence-electron chi connectivity index (χ3n) is 5.15. The number of amides is 1. The summed E-state index contributed by atoms with van der Waals surface area (Å²) in [5.41, 5.74) is 1.25. The molecule has 162 valence electrons. The van der Waals surface area contributed by atoms with Gasteiger partial charge in [-0.05, 0) is 42.5 Å². The summed E-state index contributed by atoms with van der Waals surface area (Å²) in [6, 6.07) is 17.7. The normalized spacial score (nSPS) is 18.2.